The van der Waals surface area contributed by atoms with Gasteiger partial charge in [-0.2, -0.15) is 0 Å². The van der Waals surface area contributed by atoms with Crippen molar-refractivity contribution < 1.29 is 4.79 Å². The molecule has 2 aromatic rings. The largest absolute Gasteiger partial charge is 0.325 e. The van der Waals surface area contributed by atoms with E-state index in [2.05, 4.69) is 44.6 Å². The number of benzene rings is 1. The topological polar surface area (TPSA) is 63.1 Å². The van der Waals surface area contributed by atoms with Gasteiger partial charge in [0.1, 0.15) is 5.82 Å². The predicted molar refractivity (Wildman–Crippen MR) is 119 cm³/mol. The molecule has 1 aliphatic rings. The fourth-order valence-electron chi connectivity index (χ4n) is 3.56. The lowest BCUT2D eigenvalue weighted by Crippen LogP contribution is -2.32. The minimum Gasteiger partial charge on any atom is -0.325 e. The second kappa shape index (κ2) is 11.2. The molecule has 1 aliphatic heterocycles. The van der Waals surface area contributed by atoms with E-state index in [1.54, 1.807) is 0 Å². The molecule has 0 bridgehead atoms. The Morgan fingerprint density at radius 2 is 2.10 bits per heavy atom. The van der Waals surface area contributed by atoms with Gasteiger partial charge < -0.3 is 14.8 Å². The first kappa shape index (κ1) is 21.6. The Balaban J connectivity index is 1.55. The van der Waals surface area contributed by atoms with Crippen LogP contribution in [0.1, 0.15) is 37.6 Å². The van der Waals surface area contributed by atoms with E-state index in [1.165, 1.54) is 49.7 Å². The number of anilines is 1. The molecule has 0 spiro atoms. The lowest BCUT2D eigenvalue weighted by atomic mass is 10.1. The number of aryl methyl sites for hydroxylation is 1. The van der Waals surface area contributed by atoms with Crippen molar-refractivity contribution in [2.75, 3.05) is 30.7 Å². The first-order chi connectivity index (χ1) is 14.2. The number of amides is 1. The Morgan fingerprint density at radius 1 is 1.28 bits per heavy atom. The zero-order valence-electron chi connectivity index (χ0n) is 17.3. The van der Waals surface area contributed by atoms with Crippen molar-refractivity contribution in [3.8, 4) is 0 Å². The third kappa shape index (κ3) is 6.44. The highest BCUT2D eigenvalue weighted by Gasteiger charge is 2.16. The van der Waals surface area contributed by atoms with E-state index >= 15 is 0 Å². The summed E-state index contributed by atoms with van der Waals surface area (Å²) in [6.07, 6.45) is 7.59. The number of likely N-dealkylation sites (tertiary alicyclic amines) is 1. The van der Waals surface area contributed by atoms with Gasteiger partial charge in [0, 0.05) is 25.2 Å². The van der Waals surface area contributed by atoms with E-state index in [0.717, 1.165) is 36.1 Å². The summed E-state index contributed by atoms with van der Waals surface area (Å²) < 4.78 is 2.08. The van der Waals surface area contributed by atoms with Crippen LogP contribution in [0, 0.1) is 0 Å². The number of rotatable bonds is 10. The third-order valence-electron chi connectivity index (χ3n) is 5.16. The number of nitrogens with one attached hydrogen (secondary N) is 1. The average molecular weight is 414 g/mol. The summed E-state index contributed by atoms with van der Waals surface area (Å²) in [6, 6.07) is 7.96. The number of hydrogen-bond donors (Lipinski definition) is 1. The van der Waals surface area contributed by atoms with E-state index in [0.29, 0.717) is 12.3 Å². The van der Waals surface area contributed by atoms with E-state index in [9.17, 15) is 4.79 Å². The summed E-state index contributed by atoms with van der Waals surface area (Å²) >= 11 is 1.42. The van der Waals surface area contributed by atoms with E-state index in [1.807, 2.05) is 24.3 Å². The normalized spacial score (nSPS) is 14.7. The van der Waals surface area contributed by atoms with E-state index in [4.69, 9.17) is 0 Å². The molecule has 1 aromatic carbocycles. The SMILES string of the molecule is C=CCn1c(CCN2CCCCC2)nnc1SCC(=O)Nc1cccc(CC)c1. The van der Waals surface area contributed by atoms with Gasteiger partial charge in [-0.25, -0.2) is 0 Å². The highest BCUT2D eigenvalue weighted by molar-refractivity contribution is 7.99. The van der Waals surface area contributed by atoms with Gasteiger partial charge >= 0.3 is 0 Å². The molecule has 156 valence electrons. The predicted octanol–water partition coefficient (Wildman–Crippen LogP) is 3.79. The minimum absolute atomic E-state index is 0.0359. The first-order valence-corrected chi connectivity index (χ1v) is 11.4. The van der Waals surface area contributed by atoms with Gasteiger partial charge in [0.15, 0.2) is 5.16 Å². The van der Waals surface area contributed by atoms with Crippen LogP contribution in [0.25, 0.3) is 0 Å². The molecule has 0 radical (unpaired) electrons. The molecule has 29 heavy (non-hydrogen) atoms. The van der Waals surface area contributed by atoms with Crippen LogP contribution in [0.5, 0.6) is 0 Å². The monoisotopic (exact) mass is 413 g/mol. The van der Waals surface area contributed by atoms with Gasteiger partial charge in [-0.05, 0) is 50.0 Å². The maximum absolute atomic E-state index is 12.4. The van der Waals surface area contributed by atoms with Crippen LogP contribution in [0.4, 0.5) is 5.69 Å². The number of piperidine rings is 1. The lowest BCUT2D eigenvalue weighted by Gasteiger charge is -2.26. The van der Waals surface area contributed by atoms with E-state index in [-0.39, 0.29) is 5.91 Å². The molecule has 1 amide bonds. The summed E-state index contributed by atoms with van der Waals surface area (Å²) in [7, 11) is 0. The van der Waals surface area contributed by atoms with Gasteiger partial charge in [0.05, 0.1) is 5.75 Å². The number of allylic oxidation sites excluding steroid dienone is 1. The second-order valence-electron chi connectivity index (χ2n) is 7.34. The van der Waals surface area contributed by atoms with Gasteiger partial charge in [-0.1, -0.05) is 43.3 Å². The summed E-state index contributed by atoms with van der Waals surface area (Å²) in [4.78, 5) is 14.9. The quantitative estimate of drug-likeness (QED) is 0.474. The standard InChI is InChI=1S/C22H31N5OS/c1-3-12-27-20(11-15-26-13-6-5-7-14-26)24-25-22(27)29-17-21(28)23-19-10-8-9-18(4-2)16-19/h3,8-10,16H,1,4-7,11-15,17H2,2H3,(H,23,28). The highest BCUT2D eigenvalue weighted by atomic mass is 32.2. The molecule has 1 fully saturated rings. The Morgan fingerprint density at radius 3 is 2.86 bits per heavy atom. The number of aromatic nitrogens is 3. The molecule has 2 heterocycles. The highest BCUT2D eigenvalue weighted by Crippen LogP contribution is 2.19. The van der Waals surface area contributed by atoms with Crippen LogP contribution in [-0.2, 0) is 24.2 Å². The third-order valence-corrected chi connectivity index (χ3v) is 6.12. The minimum atomic E-state index is -0.0359. The molecule has 0 saturated carbocycles. The molecule has 1 N–H and O–H groups in total. The first-order valence-electron chi connectivity index (χ1n) is 10.5. The van der Waals surface area contributed by atoms with Crippen molar-refractivity contribution in [2.24, 2.45) is 0 Å². The molecule has 0 atom stereocenters. The summed E-state index contributed by atoms with van der Waals surface area (Å²) in [5, 5.41) is 12.5. The van der Waals surface area contributed by atoms with Gasteiger partial charge in [0.2, 0.25) is 5.91 Å². The van der Waals surface area contributed by atoms with E-state index < -0.39 is 0 Å². The average Bonchev–Trinajstić information content (AvgIpc) is 3.13. The fourth-order valence-corrected chi connectivity index (χ4v) is 4.33. The van der Waals surface area contributed by atoms with Crippen LogP contribution in [-0.4, -0.2) is 51.0 Å². The van der Waals surface area contributed by atoms with Gasteiger partial charge in [-0.15, -0.1) is 16.8 Å². The molecule has 6 nitrogen and oxygen atoms in total. The molecular formula is C22H31N5OS. The van der Waals surface area contributed by atoms with Crippen LogP contribution >= 0.6 is 11.8 Å². The van der Waals surface area contributed by atoms with Gasteiger partial charge in [0.25, 0.3) is 0 Å². The zero-order valence-corrected chi connectivity index (χ0v) is 18.1. The van der Waals surface area contributed by atoms with Crippen molar-refractivity contribution in [1.82, 2.24) is 19.7 Å². The smallest absolute Gasteiger partial charge is 0.234 e. The Kier molecular flexibility index (Phi) is 8.31. The lowest BCUT2D eigenvalue weighted by molar-refractivity contribution is -0.113. The Bertz CT molecular complexity index is 813. The summed E-state index contributed by atoms with van der Waals surface area (Å²) in [6.45, 7) is 9.98. The van der Waals surface area contributed by atoms with Gasteiger partial charge in [-0.3, -0.25) is 4.79 Å². The Labute approximate surface area is 177 Å². The molecule has 0 unspecified atom stereocenters. The molecule has 0 aliphatic carbocycles. The van der Waals surface area contributed by atoms with Crippen molar-refractivity contribution in [2.45, 2.75) is 50.7 Å². The molecule has 7 heteroatoms. The molecule has 1 aromatic heterocycles. The van der Waals surface area contributed by atoms with Crippen LogP contribution in [0.2, 0.25) is 0 Å². The molecule has 1 saturated heterocycles. The van der Waals surface area contributed by atoms with Crippen LogP contribution in [0.3, 0.4) is 0 Å². The number of nitrogens with zero attached hydrogens (tertiary/aromatic N) is 4. The number of carbonyl (C=O) groups is 1. The second-order valence-corrected chi connectivity index (χ2v) is 8.28. The van der Waals surface area contributed by atoms with Crippen molar-refractivity contribution >= 4 is 23.4 Å². The molecule has 3 rings (SSSR count). The fraction of sp³-hybridized carbons (Fsp3) is 0.500. The number of thioether (sulfide) groups is 1. The maximum Gasteiger partial charge on any atom is 0.234 e. The van der Waals surface area contributed by atoms with Crippen molar-refractivity contribution in [1.29, 1.82) is 0 Å². The van der Waals surface area contributed by atoms with Crippen LogP contribution < -0.4 is 5.32 Å². The van der Waals surface area contributed by atoms with Crippen molar-refractivity contribution in [3.63, 3.8) is 0 Å². The number of hydrogen-bond acceptors (Lipinski definition) is 5. The maximum atomic E-state index is 12.4. The number of carbonyl (C=O) groups excluding carboxylic acids is 1. The zero-order chi connectivity index (χ0) is 20.5. The van der Waals surface area contributed by atoms with Crippen molar-refractivity contribution in [3.05, 3.63) is 48.3 Å². The summed E-state index contributed by atoms with van der Waals surface area (Å²) in [5.41, 5.74) is 2.05. The Hall–Kier alpha value is -2.12. The molecular weight excluding hydrogens is 382 g/mol. The van der Waals surface area contributed by atoms with Crippen LogP contribution in [0.15, 0.2) is 42.1 Å². The summed E-state index contributed by atoms with van der Waals surface area (Å²) in [5.74, 6) is 1.23.